The van der Waals surface area contributed by atoms with Crippen LogP contribution in [-0.4, -0.2) is 76.3 Å². The van der Waals surface area contributed by atoms with Gasteiger partial charge in [-0.25, -0.2) is 9.59 Å². The van der Waals surface area contributed by atoms with Crippen LogP contribution in [0.15, 0.2) is 11.1 Å². The van der Waals surface area contributed by atoms with E-state index in [-0.39, 0.29) is 48.8 Å². The van der Waals surface area contributed by atoms with Crippen molar-refractivity contribution in [2.45, 2.75) is 26.7 Å². The van der Waals surface area contributed by atoms with E-state index in [4.69, 9.17) is 18.9 Å². The predicted octanol–water partition coefficient (Wildman–Crippen LogP) is 0.527. The van der Waals surface area contributed by atoms with E-state index in [0.29, 0.717) is 39.6 Å². The second-order valence-electron chi connectivity index (χ2n) is 5.22. The second kappa shape index (κ2) is 16.5. The molecule has 0 aliphatic carbocycles. The molecule has 0 unspecified atom stereocenters. The summed E-state index contributed by atoms with van der Waals surface area (Å²) in [6.07, 6.45) is 0.497. The molecule has 8 nitrogen and oxygen atoms in total. The lowest BCUT2D eigenvalue weighted by Gasteiger charge is -2.07. The maximum atomic E-state index is 11.0. The molecule has 0 aliphatic heterocycles. The van der Waals surface area contributed by atoms with E-state index in [1.54, 1.807) is 11.9 Å². The van der Waals surface area contributed by atoms with E-state index in [1.165, 1.54) is 13.8 Å². The number of carbonyl (C=O) groups is 2. The normalized spacial score (nSPS) is 10.1. The van der Waals surface area contributed by atoms with Gasteiger partial charge in [0.1, 0.15) is 11.9 Å². The first-order chi connectivity index (χ1) is 12.5. The van der Waals surface area contributed by atoms with Crippen molar-refractivity contribution >= 4 is 23.4 Å². The van der Waals surface area contributed by atoms with Crippen LogP contribution >= 0.6 is 0 Å². The molecule has 0 aromatic heterocycles. The zero-order chi connectivity index (χ0) is 19.6. The monoisotopic (exact) mass is 370 g/mol. The fourth-order valence-corrected chi connectivity index (χ4v) is 1.71. The summed E-state index contributed by atoms with van der Waals surface area (Å²) in [5.74, 6) is 2.63. The van der Waals surface area contributed by atoms with Crippen LogP contribution in [-0.2, 0) is 38.1 Å². The van der Waals surface area contributed by atoms with Crippen LogP contribution in [0.3, 0.4) is 0 Å². The van der Waals surface area contributed by atoms with E-state index in [9.17, 15) is 19.2 Å². The van der Waals surface area contributed by atoms with Crippen LogP contribution in [0.25, 0.3) is 0 Å². The van der Waals surface area contributed by atoms with Gasteiger partial charge in [-0.05, 0) is 13.8 Å². The Morgan fingerprint density at radius 3 is 1.08 bits per heavy atom. The highest BCUT2D eigenvalue weighted by Crippen LogP contribution is 1.99. The number of hydrogen-bond donors (Lipinski definition) is 0. The summed E-state index contributed by atoms with van der Waals surface area (Å²) in [5, 5.41) is 0. The van der Waals surface area contributed by atoms with Crippen LogP contribution in [0.5, 0.6) is 0 Å². The molecule has 8 heteroatoms. The standard InChI is InChI=1S/C18H26O8/c1-15(21)17(13-19)3-5-23-7-9-25-11-12-26-10-8-24-6-4-18(14-20)16(2)22/h3-12H2,1-2H3. The van der Waals surface area contributed by atoms with Crippen molar-refractivity contribution in [1.29, 1.82) is 0 Å². The molecule has 0 bridgehead atoms. The summed E-state index contributed by atoms with van der Waals surface area (Å²) >= 11 is 0. The third kappa shape index (κ3) is 13.4. The molecule has 0 aromatic carbocycles. The fourth-order valence-electron chi connectivity index (χ4n) is 1.71. The van der Waals surface area contributed by atoms with Crippen LogP contribution in [0.4, 0.5) is 0 Å². The number of ether oxygens (including phenoxy) is 4. The molecule has 0 heterocycles. The van der Waals surface area contributed by atoms with Gasteiger partial charge < -0.3 is 18.9 Å². The fraction of sp³-hybridized carbons (Fsp3) is 0.667. The van der Waals surface area contributed by atoms with E-state index < -0.39 is 0 Å². The number of hydrogen-bond acceptors (Lipinski definition) is 8. The van der Waals surface area contributed by atoms with Gasteiger partial charge >= 0.3 is 0 Å². The Morgan fingerprint density at radius 2 is 0.846 bits per heavy atom. The van der Waals surface area contributed by atoms with Gasteiger partial charge in [-0.2, -0.15) is 0 Å². The largest absolute Gasteiger partial charge is 0.379 e. The van der Waals surface area contributed by atoms with Gasteiger partial charge in [-0.3, -0.25) is 9.59 Å². The average molecular weight is 370 g/mol. The minimum absolute atomic E-state index is 0.0984. The van der Waals surface area contributed by atoms with Crippen LogP contribution in [0.2, 0.25) is 0 Å². The van der Waals surface area contributed by atoms with Gasteiger partial charge in [-0.1, -0.05) is 0 Å². The number of Topliss-reactive ketones (excluding diaryl/α,β-unsaturated/α-hetero) is 2. The smallest absolute Gasteiger partial charge is 0.166 e. The average Bonchev–Trinajstić information content (AvgIpc) is 2.61. The third-order valence-corrected chi connectivity index (χ3v) is 3.21. The van der Waals surface area contributed by atoms with E-state index in [1.807, 2.05) is 0 Å². The molecule has 0 aromatic rings. The topological polar surface area (TPSA) is 105 Å². The Hall–Kier alpha value is -1.92. The Morgan fingerprint density at radius 1 is 0.577 bits per heavy atom. The first-order valence-corrected chi connectivity index (χ1v) is 8.33. The van der Waals surface area contributed by atoms with E-state index in [2.05, 4.69) is 0 Å². The summed E-state index contributed by atoms with van der Waals surface area (Å²) in [7, 11) is 0. The molecule has 26 heavy (non-hydrogen) atoms. The Balaban J connectivity index is 3.34. The second-order valence-corrected chi connectivity index (χ2v) is 5.22. The number of carbonyl (C=O) groups excluding carboxylic acids is 4. The van der Waals surface area contributed by atoms with E-state index in [0.717, 1.165) is 0 Å². The zero-order valence-electron chi connectivity index (χ0n) is 15.3. The molecule has 0 aliphatic rings. The van der Waals surface area contributed by atoms with Gasteiger partial charge in [0.2, 0.25) is 0 Å². The highest BCUT2D eigenvalue weighted by molar-refractivity contribution is 6.00. The highest BCUT2D eigenvalue weighted by Gasteiger charge is 2.05. The van der Waals surface area contributed by atoms with Crippen molar-refractivity contribution in [3.8, 4) is 0 Å². The lowest BCUT2D eigenvalue weighted by atomic mass is 10.1. The number of rotatable bonds is 17. The molecule has 0 atom stereocenters. The summed E-state index contributed by atoms with van der Waals surface area (Å²) in [5.41, 5.74) is 0.197. The first kappa shape index (κ1) is 24.1. The quantitative estimate of drug-likeness (QED) is 0.207. The van der Waals surface area contributed by atoms with Crippen LogP contribution < -0.4 is 0 Å². The summed E-state index contributed by atoms with van der Waals surface area (Å²) in [6.45, 7) is 5.46. The summed E-state index contributed by atoms with van der Waals surface area (Å²) < 4.78 is 21.1. The van der Waals surface area contributed by atoms with Gasteiger partial charge in [0.15, 0.2) is 11.6 Å². The minimum atomic E-state index is -0.291. The molecular weight excluding hydrogens is 344 g/mol. The third-order valence-electron chi connectivity index (χ3n) is 3.21. The Bertz CT molecular complexity index is 479. The zero-order valence-corrected chi connectivity index (χ0v) is 15.3. The van der Waals surface area contributed by atoms with Crippen molar-refractivity contribution in [3.05, 3.63) is 11.1 Å². The maximum absolute atomic E-state index is 11.0. The first-order valence-electron chi connectivity index (χ1n) is 8.33. The SMILES string of the molecule is CC(=O)C(=C=O)CCOCCOCCOCCOCCC(=C=O)C(C)=O. The van der Waals surface area contributed by atoms with Gasteiger partial charge in [-0.15, -0.1) is 0 Å². The summed E-state index contributed by atoms with van der Waals surface area (Å²) in [6, 6.07) is 0. The molecule has 0 fully saturated rings. The molecule has 0 spiro atoms. The molecule has 146 valence electrons. The molecule has 0 radical (unpaired) electrons. The van der Waals surface area contributed by atoms with Crippen molar-refractivity contribution in [1.82, 2.24) is 0 Å². The van der Waals surface area contributed by atoms with Crippen molar-refractivity contribution in [3.63, 3.8) is 0 Å². The van der Waals surface area contributed by atoms with Gasteiger partial charge in [0.25, 0.3) is 0 Å². The minimum Gasteiger partial charge on any atom is -0.379 e. The van der Waals surface area contributed by atoms with Crippen molar-refractivity contribution in [2.24, 2.45) is 0 Å². The van der Waals surface area contributed by atoms with Crippen LogP contribution in [0, 0.1) is 0 Å². The predicted molar refractivity (Wildman–Crippen MR) is 92.3 cm³/mol. The molecule has 0 saturated heterocycles. The highest BCUT2D eigenvalue weighted by atomic mass is 16.6. The van der Waals surface area contributed by atoms with Crippen molar-refractivity contribution < 1.29 is 38.1 Å². The maximum Gasteiger partial charge on any atom is 0.166 e. The van der Waals surface area contributed by atoms with Crippen molar-refractivity contribution in [2.75, 3.05) is 52.9 Å². The van der Waals surface area contributed by atoms with Crippen LogP contribution in [0.1, 0.15) is 26.7 Å². The van der Waals surface area contributed by atoms with Gasteiger partial charge in [0.05, 0.1) is 64.0 Å². The molecular formula is C18H26O8. The molecule has 0 N–H and O–H groups in total. The van der Waals surface area contributed by atoms with Gasteiger partial charge in [0, 0.05) is 12.8 Å². The Labute approximate surface area is 153 Å². The summed E-state index contributed by atoms with van der Waals surface area (Å²) in [4.78, 5) is 42.8. The van der Waals surface area contributed by atoms with E-state index >= 15 is 0 Å². The molecule has 0 saturated carbocycles. The number of ketones is 2. The molecule has 0 amide bonds. The lowest BCUT2D eigenvalue weighted by Crippen LogP contribution is -2.13. The molecule has 0 rings (SSSR count). The lowest BCUT2D eigenvalue weighted by molar-refractivity contribution is -0.114. The Kier molecular flexibility index (Phi) is 15.3.